The van der Waals surface area contributed by atoms with E-state index in [1.54, 1.807) is 7.11 Å². The van der Waals surface area contributed by atoms with Gasteiger partial charge >= 0.3 is 6.03 Å². The summed E-state index contributed by atoms with van der Waals surface area (Å²) >= 11 is 0. The molecule has 0 aliphatic carbocycles. The molecule has 3 aliphatic rings. The van der Waals surface area contributed by atoms with Crippen LogP contribution in [0.2, 0.25) is 0 Å². The Balaban J connectivity index is 1.49. The number of amides is 2. The highest BCUT2D eigenvalue weighted by Gasteiger charge is 2.37. The predicted octanol–water partition coefficient (Wildman–Crippen LogP) is 1.22. The molecule has 0 radical (unpaired) electrons. The minimum Gasteiger partial charge on any atom is -0.383 e. The molecule has 0 spiro atoms. The first kappa shape index (κ1) is 18.0. The molecular formula is C18H34N4O2. The van der Waals surface area contributed by atoms with Crippen LogP contribution in [0.1, 0.15) is 32.1 Å². The maximum absolute atomic E-state index is 12.8. The quantitative estimate of drug-likeness (QED) is 0.819. The highest BCUT2D eigenvalue weighted by Crippen LogP contribution is 2.30. The standard InChI is InChI=1S/C18H34N4O2/c1-20-10-7-17-15(14-20)5-3-9-22(17)18(23)19-13-16-6-4-8-21(16)11-12-24-2/h15-17H,3-14H2,1-2H3,(H,19,23)/t15-,16+,17+/m0/s1. The summed E-state index contributed by atoms with van der Waals surface area (Å²) in [4.78, 5) is 19.8. The van der Waals surface area contributed by atoms with Gasteiger partial charge in [-0.25, -0.2) is 4.79 Å². The number of hydrogen-bond acceptors (Lipinski definition) is 4. The summed E-state index contributed by atoms with van der Waals surface area (Å²) in [6, 6.07) is 1.08. The second kappa shape index (κ2) is 8.50. The van der Waals surface area contributed by atoms with Gasteiger partial charge in [0, 0.05) is 45.4 Å². The van der Waals surface area contributed by atoms with Crippen molar-refractivity contribution in [3.8, 4) is 0 Å². The van der Waals surface area contributed by atoms with Gasteiger partial charge in [-0.2, -0.15) is 0 Å². The predicted molar refractivity (Wildman–Crippen MR) is 95.2 cm³/mol. The highest BCUT2D eigenvalue weighted by atomic mass is 16.5. The average molecular weight is 338 g/mol. The molecule has 0 aromatic carbocycles. The summed E-state index contributed by atoms with van der Waals surface area (Å²) in [5, 5.41) is 3.24. The molecule has 0 unspecified atom stereocenters. The molecule has 3 fully saturated rings. The SMILES string of the molecule is COCCN1CCC[C@@H]1CNC(=O)N1CCC[C@H]2CN(C)CC[C@H]21. The third-order valence-corrected chi connectivity index (χ3v) is 6.10. The van der Waals surface area contributed by atoms with Gasteiger partial charge in [-0.15, -0.1) is 0 Å². The van der Waals surface area contributed by atoms with Gasteiger partial charge in [-0.3, -0.25) is 4.90 Å². The second-order valence-corrected chi connectivity index (χ2v) is 7.72. The molecule has 3 rings (SSSR count). The van der Waals surface area contributed by atoms with Gasteiger partial charge in [0.15, 0.2) is 0 Å². The summed E-state index contributed by atoms with van der Waals surface area (Å²) in [6.45, 7) is 6.82. The molecule has 0 saturated carbocycles. The number of urea groups is 1. The Morgan fingerprint density at radius 2 is 2.00 bits per heavy atom. The van der Waals surface area contributed by atoms with E-state index >= 15 is 0 Å². The third-order valence-electron chi connectivity index (χ3n) is 6.10. The van der Waals surface area contributed by atoms with Gasteiger partial charge in [0.2, 0.25) is 0 Å². The number of hydrogen-bond donors (Lipinski definition) is 1. The van der Waals surface area contributed by atoms with Crippen molar-refractivity contribution in [1.82, 2.24) is 20.0 Å². The topological polar surface area (TPSA) is 48.1 Å². The van der Waals surface area contributed by atoms with E-state index in [1.165, 1.54) is 19.3 Å². The Labute approximate surface area is 146 Å². The van der Waals surface area contributed by atoms with E-state index in [0.717, 1.165) is 58.7 Å². The van der Waals surface area contributed by atoms with Gasteiger partial charge in [0.25, 0.3) is 0 Å². The van der Waals surface area contributed by atoms with Crippen molar-refractivity contribution in [3.05, 3.63) is 0 Å². The maximum Gasteiger partial charge on any atom is 0.317 e. The normalized spacial score (nSPS) is 31.9. The van der Waals surface area contributed by atoms with Crippen LogP contribution in [-0.4, -0.2) is 92.8 Å². The third kappa shape index (κ3) is 4.21. The van der Waals surface area contributed by atoms with Crippen molar-refractivity contribution in [2.45, 2.75) is 44.2 Å². The van der Waals surface area contributed by atoms with Crippen LogP contribution in [-0.2, 0) is 4.74 Å². The fraction of sp³-hybridized carbons (Fsp3) is 0.944. The van der Waals surface area contributed by atoms with Crippen LogP contribution in [0.25, 0.3) is 0 Å². The molecule has 0 bridgehead atoms. The number of rotatable bonds is 5. The molecule has 3 heterocycles. The Hall–Kier alpha value is -0.850. The lowest BCUT2D eigenvalue weighted by molar-refractivity contribution is 0.0526. The van der Waals surface area contributed by atoms with Crippen molar-refractivity contribution in [2.75, 3.05) is 60.0 Å². The zero-order valence-electron chi connectivity index (χ0n) is 15.4. The molecule has 1 N–H and O–H groups in total. The van der Waals surface area contributed by atoms with Crippen molar-refractivity contribution < 1.29 is 9.53 Å². The Kier molecular flexibility index (Phi) is 6.36. The van der Waals surface area contributed by atoms with Gasteiger partial charge in [-0.05, 0) is 58.2 Å². The summed E-state index contributed by atoms with van der Waals surface area (Å²) < 4.78 is 5.20. The molecular weight excluding hydrogens is 304 g/mol. The molecule has 138 valence electrons. The molecule has 0 aromatic heterocycles. The minimum atomic E-state index is 0.160. The smallest absolute Gasteiger partial charge is 0.317 e. The summed E-state index contributed by atoms with van der Waals surface area (Å²) in [6.07, 6.45) is 5.95. The second-order valence-electron chi connectivity index (χ2n) is 7.72. The first-order valence-corrected chi connectivity index (χ1v) is 9.65. The number of carbonyl (C=O) groups is 1. The zero-order valence-corrected chi connectivity index (χ0v) is 15.4. The highest BCUT2D eigenvalue weighted by molar-refractivity contribution is 5.74. The van der Waals surface area contributed by atoms with Crippen LogP contribution in [0.15, 0.2) is 0 Å². The van der Waals surface area contributed by atoms with Gasteiger partial charge < -0.3 is 19.9 Å². The van der Waals surface area contributed by atoms with E-state index in [0.29, 0.717) is 18.0 Å². The number of likely N-dealkylation sites (tertiary alicyclic amines) is 3. The number of piperidine rings is 2. The molecule has 6 nitrogen and oxygen atoms in total. The van der Waals surface area contributed by atoms with Crippen LogP contribution in [0.4, 0.5) is 4.79 Å². The lowest BCUT2D eigenvalue weighted by Gasteiger charge is -2.46. The van der Waals surface area contributed by atoms with Gasteiger partial charge in [0.05, 0.1) is 6.61 Å². The van der Waals surface area contributed by atoms with Crippen LogP contribution >= 0.6 is 0 Å². The summed E-state index contributed by atoms with van der Waals surface area (Å²) in [5.74, 6) is 0.660. The largest absolute Gasteiger partial charge is 0.383 e. The molecule has 24 heavy (non-hydrogen) atoms. The van der Waals surface area contributed by atoms with Crippen molar-refractivity contribution in [1.29, 1.82) is 0 Å². The molecule has 0 aromatic rings. The number of carbonyl (C=O) groups excluding carboxylic acids is 1. The molecule has 6 heteroatoms. The van der Waals surface area contributed by atoms with E-state index in [1.807, 2.05) is 0 Å². The van der Waals surface area contributed by atoms with Crippen molar-refractivity contribution in [3.63, 3.8) is 0 Å². The molecule has 3 saturated heterocycles. The molecule has 2 amide bonds. The minimum absolute atomic E-state index is 0.160. The fourth-order valence-electron chi connectivity index (χ4n) is 4.77. The monoisotopic (exact) mass is 338 g/mol. The number of fused-ring (bicyclic) bond motifs is 1. The number of ether oxygens (including phenoxy) is 1. The fourth-order valence-corrected chi connectivity index (χ4v) is 4.77. The van der Waals surface area contributed by atoms with Crippen molar-refractivity contribution >= 4 is 6.03 Å². The van der Waals surface area contributed by atoms with E-state index in [4.69, 9.17) is 4.74 Å². The van der Waals surface area contributed by atoms with Crippen LogP contribution in [0.3, 0.4) is 0 Å². The van der Waals surface area contributed by atoms with E-state index in [-0.39, 0.29) is 6.03 Å². The summed E-state index contributed by atoms with van der Waals surface area (Å²) in [7, 11) is 3.95. The Morgan fingerprint density at radius 1 is 1.17 bits per heavy atom. The Morgan fingerprint density at radius 3 is 2.83 bits per heavy atom. The van der Waals surface area contributed by atoms with E-state index < -0.39 is 0 Å². The number of nitrogens with zero attached hydrogens (tertiary/aromatic N) is 3. The first-order chi connectivity index (χ1) is 11.7. The lowest BCUT2D eigenvalue weighted by Crippen LogP contribution is -2.58. The Bertz CT molecular complexity index is 420. The van der Waals surface area contributed by atoms with Gasteiger partial charge in [0.1, 0.15) is 0 Å². The first-order valence-electron chi connectivity index (χ1n) is 9.65. The van der Waals surface area contributed by atoms with Crippen LogP contribution < -0.4 is 5.32 Å². The summed E-state index contributed by atoms with van der Waals surface area (Å²) in [5.41, 5.74) is 0. The molecule has 3 aliphatic heterocycles. The lowest BCUT2D eigenvalue weighted by atomic mass is 9.84. The van der Waals surface area contributed by atoms with Gasteiger partial charge in [-0.1, -0.05) is 0 Å². The molecule has 3 atom stereocenters. The van der Waals surface area contributed by atoms with E-state index in [9.17, 15) is 4.79 Å². The number of nitrogens with one attached hydrogen (secondary N) is 1. The van der Waals surface area contributed by atoms with E-state index in [2.05, 4.69) is 27.1 Å². The van der Waals surface area contributed by atoms with Crippen LogP contribution in [0, 0.1) is 5.92 Å². The van der Waals surface area contributed by atoms with Crippen LogP contribution in [0.5, 0.6) is 0 Å². The van der Waals surface area contributed by atoms with Crippen molar-refractivity contribution in [2.24, 2.45) is 5.92 Å². The maximum atomic E-state index is 12.8. The number of methoxy groups -OCH3 is 1. The zero-order chi connectivity index (χ0) is 16.9. The average Bonchev–Trinajstić information content (AvgIpc) is 3.04.